The lowest BCUT2D eigenvalue weighted by Gasteiger charge is -1.91. The van der Waals surface area contributed by atoms with Crippen molar-refractivity contribution in [2.24, 2.45) is 9.98 Å². The lowest BCUT2D eigenvalue weighted by Crippen LogP contribution is -2.25. The van der Waals surface area contributed by atoms with Gasteiger partial charge in [0.05, 0.1) is 10.7 Å². The van der Waals surface area contributed by atoms with Crippen LogP contribution in [0, 0.1) is 0 Å². The molecule has 0 fully saturated rings. The van der Waals surface area contributed by atoms with E-state index in [0.717, 1.165) is 17.3 Å². The Morgan fingerprint density at radius 2 is 2.17 bits per heavy atom. The first kappa shape index (κ1) is 7.16. The van der Waals surface area contributed by atoms with Crippen LogP contribution in [0.4, 0.5) is 4.79 Å². The van der Waals surface area contributed by atoms with Crippen LogP contribution in [-0.4, -0.2) is 6.03 Å². The maximum Gasteiger partial charge on any atom is 0.368 e. The Morgan fingerprint density at radius 3 is 2.92 bits per heavy atom. The molecule has 0 aliphatic carbocycles. The minimum Gasteiger partial charge on any atom is -0.244 e. The average Bonchev–Trinajstić information content (AvgIpc) is 2.44. The normalized spacial score (nSPS) is 13.6. The Kier molecular flexibility index (Phi) is 1.50. The van der Waals surface area contributed by atoms with Gasteiger partial charge >= 0.3 is 6.03 Å². The molecule has 0 aromatic heterocycles. The Morgan fingerprint density at radius 1 is 1.33 bits per heavy atom. The van der Waals surface area contributed by atoms with E-state index < -0.39 is 0 Å². The number of amides is 2. The van der Waals surface area contributed by atoms with Crippen molar-refractivity contribution < 1.29 is 4.79 Å². The highest BCUT2D eigenvalue weighted by Crippen LogP contribution is 1.92. The van der Waals surface area contributed by atoms with Crippen LogP contribution in [0.5, 0.6) is 0 Å². The number of carbonyl (C=O) groups is 1. The number of aryl methyl sites for hydroxylation is 1. The molecule has 0 atom stereocenters. The second-order valence-electron chi connectivity index (χ2n) is 2.64. The highest BCUT2D eigenvalue weighted by molar-refractivity contribution is 5.77. The van der Waals surface area contributed by atoms with Gasteiger partial charge in [0, 0.05) is 0 Å². The van der Waals surface area contributed by atoms with Gasteiger partial charge in [-0.3, -0.25) is 0 Å². The minimum absolute atomic E-state index is 0.383. The molecule has 1 aromatic rings. The summed E-state index contributed by atoms with van der Waals surface area (Å²) in [5, 5.41) is 1.46. The van der Waals surface area contributed by atoms with Gasteiger partial charge in [0.25, 0.3) is 0 Å². The summed E-state index contributed by atoms with van der Waals surface area (Å²) in [4.78, 5) is 18.4. The van der Waals surface area contributed by atoms with Crippen molar-refractivity contribution in [1.29, 1.82) is 0 Å². The highest BCUT2D eigenvalue weighted by Gasteiger charge is 2.06. The first-order valence-corrected chi connectivity index (χ1v) is 3.90. The number of hydrogen-bond donors (Lipinski definition) is 0. The van der Waals surface area contributed by atoms with E-state index in [9.17, 15) is 4.79 Å². The summed E-state index contributed by atoms with van der Waals surface area (Å²) in [7, 11) is 0. The van der Waals surface area contributed by atoms with E-state index in [4.69, 9.17) is 0 Å². The lowest BCUT2D eigenvalue weighted by molar-refractivity contribution is 0.256. The Hall–Kier alpha value is -1.51. The topological polar surface area (TPSA) is 41.8 Å². The van der Waals surface area contributed by atoms with Crippen LogP contribution in [0.3, 0.4) is 0 Å². The molecule has 0 N–H and O–H groups in total. The molecule has 0 spiro atoms. The largest absolute Gasteiger partial charge is 0.368 e. The zero-order chi connectivity index (χ0) is 8.55. The van der Waals surface area contributed by atoms with Gasteiger partial charge in [-0.15, -0.1) is 0 Å². The molecule has 1 aromatic carbocycles. The maximum atomic E-state index is 10.8. The number of hydrogen-bond acceptors (Lipinski definition) is 1. The molecule has 1 heterocycles. The van der Waals surface area contributed by atoms with Gasteiger partial charge in [0.2, 0.25) is 0 Å². The van der Waals surface area contributed by atoms with Crippen molar-refractivity contribution in [3.8, 4) is 0 Å². The summed E-state index contributed by atoms with van der Waals surface area (Å²) in [6.07, 6.45) is 0.884. The Labute approximate surface area is 69.5 Å². The van der Waals surface area contributed by atoms with Gasteiger partial charge in [-0.05, 0) is 18.1 Å². The number of benzene rings is 1. The highest BCUT2D eigenvalue weighted by atomic mass is 16.2. The van der Waals surface area contributed by atoms with Gasteiger partial charge in [0.1, 0.15) is 0 Å². The van der Waals surface area contributed by atoms with E-state index in [1.165, 1.54) is 0 Å². The van der Waals surface area contributed by atoms with Gasteiger partial charge in [0.15, 0.2) is 0 Å². The van der Waals surface area contributed by atoms with E-state index in [1.807, 2.05) is 25.1 Å². The molecular formula is C9H8N2O. The molecule has 3 heteroatoms. The van der Waals surface area contributed by atoms with Crippen LogP contribution in [0.25, 0.3) is 0 Å². The number of carbonyl (C=O) groups excluding carboxylic acids is 1. The van der Waals surface area contributed by atoms with E-state index in [-0.39, 0.29) is 6.03 Å². The van der Waals surface area contributed by atoms with Crippen LogP contribution in [-0.2, 0) is 6.42 Å². The number of urea groups is 1. The molecule has 0 bridgehead atoms. The van der Waals surface area contributed by atoms with Crippen molar-refractivity contribution >= 4 is 6.03 Å². The second-order valence-corrected chi connectivity index (χ2v) is 2.64. The summed E-state index contributed by atoms with van der Waals surface area (Å²) in [6, 6.07) is 5.29. The molecule has 0 saturated carbocycles. The third-order valence-corrected chi connectivity index (χ3v) is 1.90. The summed E-state index contributed by atoms with van der Waals surface area (Å²) >= 11 is 0. The van der Waals surface area contributed by atoms with Crippen LogP contribution >= 0.6 is 0 Å². The van der Waals surface area contributed by atoms with E-state index >= 15 is 0 Å². The fraction of sp³-hybridized carbons (Fsp3) is 0.222. The summed E-state index contributed by atoms with van der Waals surface area (Å²) < 4.78 is 0. The molecule has 0 radical (unpaired) electrons. The van der Waals surface area contributed by atoms with Crippen molar-refractivity contribution in [3.05, 3.63) is 34.5 Å². The van der Waals surface area contributed by atoms with Gasteiger partial charge in [-0.2, -0.15) is 9.98 Å². The smallest absolute Gasteiger partial charge is 0.244 e. The molecule has 1 aliphatic rings. The van der Waals surface area contributed by atoms with Crippen molar-refractivity contribution in [2.45, 2.75) is 13.3 Å². The molecule has 2 rings (SSSR count). The summed E-state index contributed by atoms with van der Waals surface area (Å²) in [5.41, 5.74) is 1.09. The minimum atomic E-state index is -0.383. The molecule has 0 unspecified atom stereocenters. The maximum absolute atomic E-state index is 10.8. The van der Waals surface area contributed by atoms with Crippen molar-refractivity contribution in [1.82, 2.24) is 0 Å². The van der Waals surface area contributed by atoms with Gasteiger partial charge in [-0.1, -0.05) is 19.1 Å². The first-order chi connectivity index (χ1) is 5.81. The Balaban J connectivity index is 2.84. The average molecular weight is 160 g/mol. The second kappa shape index (κ2) is 2.52. The third kappa shape index (κ3) is 0.942. The number of fused-ring (bicyclic) bond motifs is 1. The number of rotatable bonds is 1. The predicted octanol–water partition coefficient (Wildman–Crippen LogP) is 0.622. The molecule has 3 nitrogen and oxygen atoms in total. The first-order valence-electron chi connectivity index (χ1n) is 3.90. The zero-order valence-electron chi connectivity index (χ0n) is 6.74. The van der Waals surface area contributed by atoms with Gasteiger partial charge in [-0.25, -0.2) is 4.79 Å². The molecule has 0 saturated heterocycles. The lowest BCUT2D eigenvalue weighted by atomic mass is 10.1. The fourth-order valence-electron chi connectivity index (χ4n) is 1.31. The molecule has 1 aliphatic heterocycles. The SMILES string of the molecule is CCc1cccc2c1=NC(=O)N=2. The van der Waals surface area contributed by atoms with E-state index in [1.54, 1.807) is 0 Å². The monoisotopic (exact) mass is 160 g/mol. The number of para-hydroxylation sites is 1. The van der Waals surface area contributed by atoms with Crippen molar-refractivity contribution in [3.63, 3.8) is 0 Å². The molecule has 12 heavy (non-hydrogen) atoms. The van der Waals surface area contributed by atoms with E-state index in [2.05, 4.69) is 9.98 Å². The summed E-state index contributed by atoms with van der Waals surface area (Å²) in [6.45, 7) is 2.04. The molecular weight excluding hydrogens is 152 g/mol. The van der Waals surface area contributed by atoms with Crippen LogP contribution in [0.15, 0.2) is 28.2 Å². The van der Waals surface area contributed by atoms with Crippen LogP contribution < -0.4 is 10.7 Å². The van der Waals surface area contributed by atoms with E-state index in [0.29, 0.717) is 5.36 Å². The molecule has 2 amide bonds. The van der Waals surface area contributed by atoms with Crippen LogP contribution in [0.1, 0.15) is 12.5 Å². The summed E-state index contributed by atoms with van der Waals surface area (Å²) in [5.74, 6) is 0. The molecule has 60 valence electrons. The quantitative estimate of drug-likeness (QED) is 0.593. The Bertz CT molecular complexity index is 448. The standard InChI is InChI=1S/C9H8N2O/c1-2-6-4-3-5-7-8(6)11-9(12)10-7/h3-5H,2H2,1H3. The fourth-order valence-corrected chi connectivity index (χ4v) is 1.31. The predicted molar refractivity (Wildman–Crippen MR) is 43.5 cm³/mol. The van der Waals surface area contributed by atoms with Crippen molar-refractivity contribution in [2.75, 3.05) is 0 Å². The van der Waals surface area contributed by atoms with Gasteiger partial charge < -0.3 is 0 Å². The van der Waals surface area contributed by atoms with Crippen LogP contribution in [0.2, 0.25) is 0 Å². The zero-order valence-corrected chi connectivity index (χ0v) is 6.74. The number of nitrogens with zero attached hydrogens (tertiary/aromatic N) is 2. The third-order valence-electron chi connectivity index (χ3n) is 1.90.